The van der Waals surface area contributed by atoms with Crippen molar-refractivity contribution in [3.8, 4) is 22.8 Å². The Labute approximate surface area is 161 Å². The average Bonchev–Trinajstić information content (AvgIpc) is 3.29. The summed E-state index contributed by atoms with van der Waals surface area (Å²) in [5.41, 5.74) is 3.93. The van der Waals surface area contributed by atoms with Crippen molar-refractivity contribution in [3.63, 3.8) is 0 Å². The highest BCUT2D eigenvalue weighted by Gasteiger charge is 2.13. The molecule has 0 saturated carbocycles. The normalized spacial score (nSPS) is 10.9. The molecule has 27 heavy (non-hydrogen) atoms. The maximum absolute atomic E-state index is 5.62. The molecule has 2 heterocycles. The first-order valence-electron chi connectivity index (χ1n) is 8.43. The van der Waals surface area contributed by atoms with Crippen molar-refractivity contribution in [1.29, 1.82) is 0 Å². The summed E-state index contributed by atoms with van der Waals surface area (Å²) in [6, 6.07) is 15.8. The van der Waals surface area contributed by atoms with Crippen LogP contribution in [0.3, 0.4) is 0 Å². The number of para-hydroxylation sites is 1. The highest BCUT2D eigenvalue weighted by atomic mass is 32.1. The summed E-state index contributed by atoms with van der Waals surface area (Å²) in [6.07, 6.45) is 1.81. The highest BCUT2D eigenvalue weighted by molar-refractivity contribution is 7.71. The van der Waals surface area contributed by atoms with Gasteiger partial charge in [-0.3, -0.25) is 5.10 Å². The number of hydrogen-bond acceptors (Lipinski definition) is 5. The third-order valence-corrected chi connectivity index (χ3v) is 4.71. The molecule has 0 bridgehead atoms. The fourth-order valence-corrected chi connectivity index (χ4v) is 3.14. The predicted octanol–water partition coefficient (Wildman–Crippen LogP) is 3.55. The standard InChI is InChI=1S/C19H18N6OS/c1-13-5-3-4-6-17(13)25-19(27)16(11-20-25)18-21-23-24(22-18)12-14-7-9-15(26-2)10-8-14/h3-11,20H,12H2,1-2H3. The van der Waals surface area contributed by atoms with E-state index in [1.165, 1.54) is 0 Å². The van der Waals surface area contributed by atoms with E-state index in [1.807, 2.05) is 66.3 Å². The highest BCUT2D eigenvalue weighted by Crippen LogP contribution is 2.20. The van der Waals surface area contributed by atoms with E-state index >= 15 is 0 Å². The molecule has 4 aromatic rings. The molecule has 0 fully saturated rings. The summed E-state index contributed by atoms with van der Waals surface area (Å²) in [5.74, 6) is 1.31. The molecule has 8 heteroatoms. The first-order chi connectivity index (χ1) is 13.2. The number of H-pyrrole nitrogens is 1. The minimum absolute atomic E-state index is 0.497. The molecule has 0 spiro atoms. The minimum atomic E-state index is 0.497. The summed E-state index contributed by atoms with van der Waals surface area (Å²) in [6.45, 7) is 2.56. The Morgan fingerprint density at radius 3 is 2.63 bits per heavy atom. The minimum Gasteiger partial charge on any atom is -0.497 e. The smallest absolute Gasteiger partial charge is 0.209 e. The zero-order valence-corrected chi connectivity index (χ0v) is 15.8. The fraction of sp³-hybridized carbons (Fsp3) is 0.158. The lowest BCUT2D eigenvalue weighted by molar-refractivity contribution is 0.414. The molecule has 7 nitrogen and oxygen atoms in total. The molecule has 0 saturated heterocycles. The summed E-state index contributed by atoms with van der Waals surface area (Å²) >= 11 is 5.62. The van der Waals surface area contributed by atoms with Gasteiger partial charge >= 0.3 is 0 Å². The fourth-order valence-electron chi connectivity index (χ4n) is 2.84. The zero-order chi connectivity index (χ0) is 18.8. The third-order valence-electron chi connectivity index (χ3n) is 4.30. The van der Waals surface area contributed by atoms with Gasteiger partial charge in [-0.2, -0.15) is 4.80 Å². The number of benzene rings is 2. The average molecular weight is 378 g/mol. The van der Waals surface area contributed by atoms with E-state index in [1.54, 1.807) is 11.9 Å². The van der Waals surface area contributed by atoms with Gasteiger partial charge in [-0.25, -0.2) is 4.68 Å². The van der Waals surface area contributed by atoms with Gasteiger partial charge in [-0.1, -0.05) is 42.5 Å². The maximum atomic E-state index is 5.62. The van der Waals surface area contributed by atoms with Crippen molar-refractivity contribution in [2.24, 2.45) is 0 Å². The van der Waals surface area contributed by atoms with Crippen LogP contribution >= 0.6 is 12.2 Å². The molecule has 2 aromatic carbocycles. The molecule has 0 radical (unpaired) electrons. The number of methoxy groups -OCH3 is 1. The van der Waals surface area contributed by atoms with Gasteiger partial charge in [-0.05, 0) is 41.5 Å². The molecular formula is C19H18N6OS. The molecule has 1 N–H and O–H groups in total. The molecule has 0 aliphatic rings. The number of nitrogens with one attached hydrogen (secondary N) is 1. The van der Waals surface area contributed by atoms with E-state index < -0.39 is 0 Å². The SMILES string of the molecule is COc1ccc(Cn2nnc(-c3c[nH]n(-c4ccccc4C)c3=S)n2)cc1. The van der Waals surface area contributed by atoms with Gasteiger partial charge < -0.3 is 4.74 Å². The number of nitrogens with zero attached hydrogens (tertiary/aromatic N) is 5. The van der Waals surface area contributed by atoms with Crippen LogP contribution in [0, 0.1) is 11.6 Å². The third kappa shape index (κ3) is 3.39. The Balaban J connectivity index is 1.60. The first kappa shape index (κ1) is 17.2. The van der Waals surface area contributed by atoms with Gasteiger partial charge in [0.2, 0.25) is 5.82 Å². The number of aromatic amines is 1. The second-order valence-corrected chi connectivity index (χ2v) is 6.49. The van der Waals surface area contributed by atoms with Gasteiger partial charge in [0.25, 0.3) is 0 Å². The van der Waals surface area contributed by atoms with Crippen molar-refractivity contribution >= 4 is 12.2 Å². The monoisotopic (exact) mass is 378 g/mol. The molecule has 0 aliphatic heterocycles. The first-order valence-corrected chi connectivity index (χ1v) is 8.84. The van der Waals surface area contributed by atoms with Crippen LogP contribution in [0.4, 0.5) is 0 Å². The maximum Gasteiger partial charge on any atom is 0.209 e. The van der Waals surface area contributed by atoms with Gasteiger partial charge in [0, 0.05) is 6.20 Å². The predicted molar refractivity (Wildman–Crippen MR) is 105 cm³/mol. The van der Waals surface area contributed by atoms with Crippen LogP contribution in [0.5, 0.6) is 5.75 Å². The second kappa shape index (κ2) is 7.16. The largest absolute Gasteiger partial charge is 0.497 e. The van der Waals surface area contributed by atoms with E-state index in [0.29, 0.717) is 17.0 Å². The lowest BCUT2D eigenvalue weighted by Gasteiger charge is -2.05. The Hall–Kier alpha value is -3.26. The van der Waals surface area contributed by atoms with Crippen molar-refractivity contribution in [1.82, 2.24) is 30.0 Å². The number of tetrazole rings is 1. The number of aromatic nitrogens is 6. The van der Waals surface area contributed by atoms with Crippen LogP contribution in [0.15, 0.2) is 54.7 Å². The van der Waals surface area contributed by atoms with E-state index in [0.717, 1.165) is 28.1 Å². The van der Waals surface area contributed by atoms with E-state index in [-0.39, 0.29) is 0 Å². The van der Waals surface area contributed by atoms with Gasteiger partial charge in [0.1, 0.15) is 10.4 Å². The summed E-state index contributed by atoms with van der Waals surface area (Å²) in [5, 5.41) is 16.0. The Morgan fingerprint density at radius 2 is 1.89 bits per heavy atom. The Kier molecular flexibility index (Phi) is 4.55. The Morgan fingerprint density at radius 1 is 1.11 bits per heavy atom. The molecule has 0 aliphatic carbocycles. The number of ether oxygens (including phenoxy) is 1. The van der Waals surface area contributed by atoms with Crippen LogP contribution in [-0.4, -0.2) is 37.1 Å². The molecule has 136 valence electrons. The molecular weight excluding hydrogens is 360 g/mol. The van der Waals surface area contributed by atoms with E-state index in [9.17, 15) is 0 Å². The van der Waals surface area contributed by atoms with Gasteiger partial charge in [-0.15, -0.1) is 10.2 Å². The van der Waals surface area contributed by atoms with Crippen LogP contribution < -0.4 is 4.74 Å². The number of aryl methyl sites for hydroxylation is 1. The topological polar surface area (TPSA) is 73.5 Å². The molecule has 4 rings (SSSR count). The zero-order valence-electron chi connectivity index (χ0n) is 15.0. The van der Waals surface area contributed by atoms with Crippen LogP contribution in [-0.2, 0) is 6.54 Å². The summed E-state index contributed by atoms with van der Waals surface area (Å²) < 4.78 is 7.64. The molecule has 2 aromatic heterocycles. The van der Waals surface area contributed by atoms with Crippen LogP contribution in [0.2, 0.25) is 0 Å². The van der Waals surface area contributed by atoms with E-state index in [2.05, 4.69) is 20.5 Å². The van der Waals surface area contributed by atoms with Crippen LogP contribution in [0.1, 0.15) is 11.1 Å². The quantitative estimate of drug-likeness (QED) is 0.538. The molecule has 0 unspecified atom stereocenters. The Bertz CT molecular complexity index is 1130. The van der Waals surface area contributed by atoms with Gasteiger partial charge in [0.15, 0.2) is 0 Å². The number of hydrogen-bond donors (Lipinski definition) is 1. The summed E-state index contributed by atoms with van der Waals surface area (Å²) in [7, 11) is 1.65. The van der Waals surface area contributed by atoms with Crippen molar-refractivity contribution in [2.45, 2.75) is 13.5 Å². The molecule has 0 atom stereocenters. The lowest BCUT2D eigenvalue weighted by Crippen LogP contribution is -2.04. The number of rotatable bonds is 5. The van der Waals surface area contributed by atoms with E-state index in [4.69, 9.17) is 17.0 Å². The summed E-state index contributed by atoms with van der Waals surface area (Å²) in [4.78, 5) is 1.55. The van der Waals surface area contributed by atoms with Crippen molar-refractivity contribution in [3.05, 3.63) is 70.5 Å². The molecule has 0 amide bonds. The second-order valence-electron chi connectivity index (χ2n) is 6.11. The van der Waals surface area contributed by atoms with Crippen LogP contribution in [0.25, 0.3) is 17.1 Å². The van der Waals surface area contributed by atoms with Crippen molar-refractivity contribution in [2.75, 3.05) is 7.11 Å². The lowest BCUT2D eigenvalue weighted by atomic mass is 10.2. The van der Waals surface area contributed by atoms with Crippen molar-refractivity contribution < 1.29 is 4.74 Å². The van der Waals surface area contributed by atoms with Gasteiger partial charge in [0.05, 0.1) is 24.9 Å².